The molecule has 1 aromatic rings. The van der Waals surface area contributed by atoms with Gasteiger partial charge in [0.05, 0.1) is 5.56 Å². The molecule has 18 heavy (non-hydrogen) atoms. The number of nitrogens with one attached hydrogen (secondary N) is 2. The number of carboxylic acid groups (broad SMARTS) is 1. The molecule has 0 aliphatic heterocycles. The SMILES string of the molecule is NC(=O)CCNC(=O)Nc1ccc(C(=O)O)cc1. The topological polar surface area (TPSA) is 122 Å². The first-order valence-electron chi connectivity index (χ1n) is 5.15. The highest BCUT2D eigenvalue weighted by Gasteiger charge is 2.04. The molecule has 1 rings (SSSR count). The lowest BCUT2D eigenvalue weighted by molar-refractivity contribution is -0.117. The standard InChI is InChI=1S/C11H13N3O4/c12-9(15)5-6-13-11(18)14-8-3-1-7(2-4-8)10(16)17/h1-4H,5-6H2,(H2,12,15)(H,16,17)(H2,13,14,18). The summed E-state index contributed by atoms with van der Waals surface area (Å²) >= 11 is 0. The molecule has 0 unspecified atom stereocenters. The number of rotatable bonds is 5. The number of carbonyl (C=O) groups excluding carboxylic acids is 2. The Kier molecular flexibility index (Phi) is 4.67. The molecule has 0 aromatic heterocycles. The summed E-state index contributed by atoms with van der Waals surface area (Å²) < 4.78 is 0. The van der Waals surface area contributed by atoms with E-state index in [0.717, 1.165) is 0 Å². The van der Waals surface area contributed by atoms with Crippen LogP contribution >= 0.6 is 0 Å². The average molecular weight is 251 g/mol. The van der Waals surface area contributed by atoms with Crippen molar-refractivity contribution in [3.63, 3.8) is 0 Å². The fraction of sp³-hybridized carbons (Fsp3) is 0.182. The minimum absolute atomic E-state index is 0.0609. The molecule has 3 amide bonds. The lowest BCUT2D eigenvalue weighted by Gasteiger charge is -2.06. The van der Waals surface area contributed by atoms with E-state index in [9.17, 15) is 14.4 Å². The van der Waals surface area contributed by atoms with Crippen molar-refractivity contribution in [3.8, 4) is 0 Å². The van der Waals surface area contributed by atoms with Gasteiger partial charge in [0.2, 0.25) is 5.91 Å². The second-order valence-corrected chi connectivity index (χ2v) is 3.48. The molecule has 0 bridgehead atoms. The van der Waals surface area contributed by atoms with Gasteiger partial charge in [0.25, 0.3) is 0 Å². The van der Waals surface area contributed by atoms with Crippen LogP contribution in [0.2, 0.25) is 0 Å². The highest BCUT2D eigenvalue weighted by Crippen LogP contribution is 2.09. The van der Waals surface area contributed by atoms with Gasteiger partial charge in [0, 0.05) is 18.7 Å². The van der Waals surface area contributed by atoms with E-state index < -0.39 is 17.9 Å². The number of carbonyl (C=O) groups is 3. The number of anilines is 1. The Balaban J connectivity index is 2.44. The lowest BCUT2D eigenvalue weighted by Crippen LogP contribution is -2.31. The number of nitrogens with two attached hydrogens (primary N) is 1. The number of amides is 3. The maximum absolute atomic E-state index is 11.3. The molecule has 0 radical (unpaired) electrons. The summed E-state index contributed by atoms with van der Waals surface area (Å²) in [5.41, 5.74) is 5.50. The maximum atomic E-state index is 11.3. The Morgan fingerprint density at radius 2 is 1.78 bits per heavy atom. The number of primary amides is 1. The largest absolute Gasteiger partial charge is 0.478 e. The summed E-state index contributed by atoms with van der Waals surface area (Å²) in [7, 11) is 0. The van der Waals surface area contributed by atoms with Crippen LogP contribution in [0.15, 0.2) is 24.3 Å². The Hall–Kier alpha value is -2.57. The number of hydrogen-bond donors (Lipinski definition) is 4. The number of aromatic carboxylic acids is 1. The minimum atomic E-state index is -1.03. The van der Waals surface area contributed by atoms with Gasteiger partial charge in [0.1, 0.15) is 0 Å². The van der Waals surface area contributed by atoms with Crippen LogP contribution in [0.4, 0.5) is 10.5 Å². The number of benzene rings is 1. The molecule has 5 N–H and O–H groups in total. The summed E-state index contributed by atoms with van der Waals surface area (Å²) in [4.78, 5) is 32.4. The first-order valence-corrected chi connectivity index (χ1v) is 5.15. The average Bonchev–Trinajstić information content (AvgIpc) is 2.29. The predicted octanol–water partition coefficient (Wildman–Crippen LogP) is 0.382. The van der Waals surface area contributed by atoms with Gasteiger partial charge >= 0.3 is 12.0 Å². The fourth-order valence-corrected chi connectivity index (χ4v) is 1.17. The van der Waals surface area contributed by atoms with E-state index in [1.54, 1.807) is 0 Å². The summed E-state index contributed by atoms with van der Waals surface area (Å²) in [6, 6.07) is 5.20. The second-order valence-electron chi connectivity index (χ2n) is 3.48. The first kappa shape index (κ1) is 13.5. The van der Waals surface area contributed by atoms with Crippen LogP contribution in [-0.2, 0) is 4.79 Å². The van der Waals surface area contributed by atoms with E-state index >= 15 is 0 Å². The van der Waals surface area contributed by atoms with Crippen molar-refractivity contribution in [2.75, 3.05) is 11.9 Å². The molecule has 0 saturated carbocycles. The Labute approximate surface area is 103 Å². The molecule has 0 saturated heterocycles. The van der Waals surface area contributed by atoms with Crippen LogP contribution in [0.1, 0.15) is 16.8 Å². The van der Waals surface area contributed by atoms with Crippen LogP contribution in [0.25, 0.3) is 0 Å². The predicted molar refractivity (Wildman–Crippen MR) is 64.2 cm³/mol. The van der Waals surface area contributed by atoms with Gasteiger partial charge in [-0.3, -0.25) is 4.79 Å². The van der Waals surface area contributed by atoms with E-state index in [1.165, 1.54) is 24.3 Å². The molecule has 7 nitrogen and oxygen atoms in total. The van der Waals surface area contributed by atoms with E-state index in [4.69, 9.17) is 10.8 Å². The van der Waals surface area contributed by atoms with E-state index in [2.05, 4.69) is 10.6 Å². The van der Waals surface area contributed by atoms with Crippen molar-refractivity contribution in [3.05, 3.63) is 29.8 Å². The van der Waals surface area contributed by atoms with Gasteiger partial charge in [-0.1, -0.05) is 0 Å². The van der Waals surface area contributed by atoms with Crippen molar-refractivity contribution in [2.24, 2.45) is 5.73 Å². The summed E-state index contributed by atoms with van der Waals surface area (Å²) in [5.74, 6) is -1.53. The summed E-state index contributed by atoms with van der Waals surface area (Å²) in [6.07, 6.45) is 0.0609. The molecule has 0 aliphatic carbocycles. The highest BCUT2D eigenvalue weighted by molar-refractivity contribution is 5.91. The van der Waals surface area contributed by atoms with Crippen LogP contribution in [-0.4, -0.2) is 29.6 Å². The Morgan fingerprint density at radius 3 is 2.28 bits per heavy atom. The lowest BCUT2D eigenvalue weighted by atomic mass is 10.2. The van der Waals surface area contributed by atoms with E-state index in [-0.39, 0.29) is 18.5 Å². The fourth-order valence-electron chi connectivity index (χ4n) is 1.17. The summed E-state index contributed by atoms with van der Waals surface area (Å²) in [6.45, 7) is 0.147. The van der Waals surface area contributed by atoms with Gasteiger partial charge in [-0.2, -0.15) is 0 Å². The third-order valence-electron chi connectivity index (χ3n) is 2.05. The molecular weight excluding hydrogens is 238 g/mol. The van der Waals surface area contributed by atoms with Crippen LogP contribution < -0.4 is 16.4 Å². The molecule has 0 fully saturated rings. The zero-order valence-electron chi connectivity index (χ0n) is 9.47. The maximum Gasteiger partial charge on any atom is 0.335 e. The number of hydrogen-bond acceptors (Lipinski definition) is 3. The molecule has 0 aliphatic rings. The van der Waals surface area contributed by atoms with Gasteiger partial charge in [0.15, 0.2) is 0 Å². The van der Waals surface area contributed by atoms with Crippen molar-refractivity contribution < 1.29 is 19.5 Å². The minimum Gasteiger partial charge on any atom is -0.478 e. The molecule has 0 spiro atoms. The van der Waals surface area contributed by atoms with E-state index in [0.29, 0.717) is 5.69 Å². The van der Waals surface area contributed by atoms with Crippen LogP contribution in [0.3, 0.4) is 0 Å². The van der Waals surface area contributed by atoms with Gasteiger partial charge in [-0.15, -0.1) is 0 Å². The van der Waals surface area contributed by atoms with Crippen molar-refractivity contribution in [1.29, 1.82) is 0 Å². The quantitative estimate of drug-likeness (QED) is 0.604. The molecule has 96 valence electrons. The highest BCUT2D eigenvalue weighted by atomic mass is 16.4. The Morgan fingerprint density at radius 1 is 1.17 bits per heavy atom. The zero-order chi connectivity index (χ0) is 13.5. The zero-order valence-corrected chi connectivity index (χ0v) is 9.47. The molecule has 7 heteroatoms. The molecular formula is C11H13N3O4. The van der Waals surface area contributed by atoms with Gasteiger partial charge in [-0.25, -0.2) is 9.59 Å². The van der Waals surface area contributed by atoms with E-state index in [1.807, 2.05) is 0 Å². The molecule has 0 atom stereocenters. The van der Waals surface area contributed by atoms with Gasteiger partial charge in [-0.05, 0) is 24.3 Å². The third kappa shape index (κ3) is 4.52. The Bertz CT molecular complexity index is 456. The molecule has 1 aromatic carbocycles. The smallest absolute Gasteiger partial charge is 0.335 e. The first-order chi connectivity index (χ1) is 8.49. The van der Waals surface area contributed by atoms with Crippen LogP contribution in [0, 0.1) is 0 Å². The molecule has 0 heterocycles. The number of carboxylic acids is 1. The van der Waals surface area contributed by atoms with Crippen molar-refractivity contribution >= 4 is 23.6 Å². The van der Waals surface area contributed by atoms with Crippen LogP contribution in [0.5, 0.6) is 0 Å². The van der Waals surface area contributed by atoms with Crippen molar-refractivity contribution in [1.82, 2.24) is 5.32 Å². The monoisotopic (exact) mass is 251 g/mol. The normalized spacial score (nSPS) is 9.56. The number of urea groups is 1. The van der Waals surface area contributed by atoms with Crippen molar-refractivity contribution in [2.45, 2.75) is 6.42 Å². The second kappa shape index (κ2) is 6.24. The third-order valence-corrected chi connectivity index (χ3v) is 2.05. The summed E-state index contributed by atoms with van der Waals surface area (Å²) in [5, 5.41) is 13.6. The van der Waals surface area contributed by atoms with Gasteiger partial charge < -0.3 is 21.5 Å².